The number of nitrogen functional groups attached to an aromatic ring is 1. The van der Waals surface area contributed by atoms with Gasteiger partial charge in [0.2, 0.25) is 0 Å². The maximum absolute atomic E-state index is 15.0. The normalized spacial score (nSPS) is 15.4. The van der Waals surface area contributed by atoms with Gasteiger partial charge in [0.15, 0.2) is 23.2 Å². The number of hydrogen-bond acceptors (Lipinski definition) is 7. The van der Waals surface area contributed by atoms with Crippen LogP contribution in [0.25, 0.3) is 0 Å². The summed E-state index contributed by atoms with van der Waals surface area (Å²) in [5.74, 6) is -1.22. The van der Waals surface area contributed by atoms with E-state index in [4.69, 9.17) is 39.1 Å². The minimum atomic E-state index is -0.728. The molecule has 196 valence electrons. The van der Waals surface area contributed by atoms with Crippen molar-refractivity contribution < 1.29 is 13.5 Å². The van der Waals surface area contributed by atoms with E-state index in [9.17, 15) is 4.39 Å². The molecule has 4 N–H and O–H groups in total. The molecule has 3 aromatic rings. The van der Waals surface area contributed by atoms with E-state index in [0.29, 0.717) is 24.7 Å². The Hall–Kier alpha value is -3.01. The molecule has 0 radical (unpaired) electrons. The average Bonchev–Trinajstić information content (AvgIpc) is 2.78. The van der Waals surface area contributed by atoms with Crippen LogP contribution >= 0.6 is 23.2 Å². The first-order valence-corrected chi connectivity index (χ1v) is 12.5. The monoisotopic (exact) mass is 548 g/mol. The Bertz CT molecular complexity index is 1330. The van der Waals surface area contributed by atoms with E-state index in [-0.39, 0.29) is 49.7 Å². The summed E-state index contributed by atoms with van der Waals surface area (Å²) in [7, 11) is 0. The van der Waals surface area contributed by atoms with Gasteiger partial charge in [-0.15, -0.1) is 0 Å². The van der Waals surface area contributed by atoms with Crippen molar-refractivity contribution >= 4 is 40.4 Å². The number of aromatic nitrogens is 2. The molecule has 0 spiro atoms. The lowest BCUT2D eigenvalue weighted by Gasteiger charge is -2.50. The van der Waals surface area contributed by atoms with Crippen LogP contribution < -0.4 is 20.7 Å². The highest BCUT2D eigenvalue weighted by molar-refractivity contribution is 6.35. The maximum atomic E-state index is 15.0. The number of hydrogen-bond donors (Lipinski definition) is 3. The highest BCUT2D eigenvalue weighted by Crippen LogP contribution is 2.35. The highest BCUT2D eigenvalue weighted by Gasteiger charge is 2.40. The van der Waals surface area contributed by atoms with Gasteiger partial charge in [-0.3, -0.25) is 10.4 Å². The van der Waals surface area contributed by atoms with Gasteiger partial charge < -0.3 is 20.7 Å². The molecular weight excluding hydrogens is 521 g/mol. The minimum Gasteiger partial charge on any atom is -0.483 e. The Balaban J connectivity index is 1.55. The van der Waals surface area contributed by atoms with E-state index in [1.54, 1.807) is 6.92 Å². The number of benzene rings is 1. The van der Waals surface area contributed by atoms with E-state index in [1.165, 1.54) is 30.7 Å². The Morgan fingerprint density at radius 2 is 1.76 bits per heavy atom. The molecule has 1 fully saturated rings. The minimum absolute atomic E-state index is 0.00485. The number of nitrogens with zero attached hydrogens (tertiary/aromatic N) is 3. The number of nitrogens with two attached hydrogens (primary N) is 1. The van der Waals surface area contributed by atoms with Crippen molar-refractivity contribution in [2.75, 3.05) is 23.7 Å². The largest absolute Gasteiger partial charge is 0.483 e. The van der Waals surface area contributed by atoms with Gasteiger partial charge >= 0.3 is 0 Å². The van der Waals surface area contributed by atoms with E-state index >= 15 is 4.39 Å². The van der Waals surface area contributed by atoms with Crippen molar-refractivity contribution in [1.82, 2.24) is 15.3 Å². The van der Waals surface area contributed by atoms with Crippen molar-refractivity contribution in [2.24, 2.45) is 0 Å². The van der Waals surface area contributed by atoms with Crippen LogP contribution in [0.2, 0.25) is 10.0 Å². The third-order valence-electron chi connectivity index (χ3n) is 6.10. The lowest BCUT2D eigenvalue weighted by atomic mass is 9.91. The number of halogens is 4. The van der Waals surface area contributed by atoms with Crippen LogP contribution in [-0.4, -0.2) is 40.3 Å². The van der Waals surface area contributed by atoms with Crippen molar-refractivity contribution in [1.29, 1.82) is 5.41 Å². The first kappa shape index (κ1) is 27.0. The molecule has 0 bridgehead atoms. The lowest BCUT2D eigenvalue weighted by molar-refractivity contribution is 0.216. The van der Waals surface area contributed by atoms with Gasteiger partial charge in [0.1, 0.15) is 6.10 Å². The fourth-order valence-electron chi connectivity index (χ4n) is 4.62. The van der Waals surface area contributed by atoms with Gasteiger partial charge in [-0.2, -0.15) is 0 Å². The Labute approximate surface area is 224 Å². The molecule has 1 aliphatic heterocycles. The van der Waals surface area contributed by atoms with Crippen molar-refractivity contribution in [3.63, 3.8) is 0 Å². The van der Waals surface area contributed by atoms with Gasteiger partial charge in [0, 0.05) is 66.2 Å². The van der Waals surface area contributed by atoms with Crippen LogP contribution in [-0.2, 0) is 0 Å². The zero-order chi connectivity index (χ0) is 27.1. The predicted octanol–water partition coefficient (Wildman–Crippen LogP) is 5.78. The van der Waals surface area contributed by atoms with Gasteiger partial charge in [-0.1, -0.05) is 37.0 Å². The first-order valence-electron chi connectivity index (χ1n) is 11.7. The Kier molecular flexibility index (Phi) is 7.60. The predicted molar refractivity (Wildman–Crippen MR) is 143 cm³/mol. The molecule has 7 nitrogen and oxygen atoms in total. The number of pyridine rings is 2. The van der Waals surface area contributed by atoms with Gasteiger partial charge in [-0.05, 0) is 26.0 Å². The molecule has 0 saturated carbocycles. The van der Waals surface area contributed by atoms with Gasteiger partial charge in [-0.25, -0.2) is 13.8 Å². The molecule has 0 unspecified atom stereocenters. The number of anilines is 2. The average molecular weight is 549 g/mol. The molecule has 1 atom stereocenters. The second kappa shape index (κ2) is 10.4. The summed E-state index contributed by atoms with van der Waals surface area (Å²) in [5, 5.41) is 12.6. The molecule has 1 aromatic carbocycles. The third kappa shape index (κ3) is 5.63. The quantitative estimate of drug-likeness (QED) is 0.244. The van der Waals surface area contributed by atoms with Crippen molar-refractivity contribution in [2.45, 2.75) is 45.4 Å². The van der Waals surface area contributed by atoms with Crippen LogP contribution in [0.4, 0.5) is 20.3 Å². The van der Waals surface area contributed by atoms with Crippen molar-refractivity contribution in [3.05, 3.63) is 75.2 Å². The Morgan fingerprint density at radius 1 is 1.11 bits per heavy atom. The van der Waals surface area contributed by atoms with E-state index in [1.807, 2.05) is 4.90 Å². The second-order valence-corrected chi connectivity index (χ2v) is 10.6. The Morgan fingerprint density at radius 3 is 2.35 bits per heavy atom. The van der Waals surface area contributed by atoms with Crippen LogP contribution in [0.15, 0.2) is 36.8 Å². The van der Waals surface area contributed by atoms with Gasteiger partial charge in [0.05, 0.1) is 21.3 Å². The molecule has 11 heteroatoms. The summed E-state index contributed by atoms with van der Waals surface area (Å²) in [4.78, 5) is 10.0. The number of ether oxygens (including phenoxy) is 1. The summed E-state index contributed by atoms with van der Waals surface area (Å²) < 4.78 is 35.5. The molecule has 37 heavy (non-hydrogen) atoms. The summed E-state index contributed by atoms with van der Waals surface area (Å²) in [6.07, 6.45) is 3.51. The topological polar surface area (TPSA) is 100 Å². The zero-order valence-corrected chi connectivity index (χ0v) is 22.4. The molecule has 0 aliphatic carbocycles. The van der Waals surface area contributed by atoms with Crippen LogP contribution in [0, 0.1) is 17.0 Å². The van der Waals surface area contributed by atoms with Crippen LogP contribution in [0.3, 0.4) is 0 Å². The molecule has 2 aromatic heterocycles. The maximum Gasteiger partial charge on any atom is 0.167 e. The molecular formula is C26H28Cl2F2N6O. The zero-order valence-electron chi connectivity index (χ0n) is 20.9. The first-order chi connectivity index (χ1) is 17.4. The molecule has 4 rings (SSSR count). The lowest BCUT2D eigenvalue weighted by Crippen LogP contribution is -2.69. The number of rotatable bonds is 8. The molecule has 1 saturated heterocycles. The number of nitrogens with one attached hydrogen (secondary N) is 2. The van der Waals surface area contributed by atoms with Gasteiger partial charge in [0.25, 0.3) is 0 Å². The van der Waals surface area contributed by atoms with Crippen molar-refractivity contribution in [3.8, 4) is 5.75 Å². The summed E-state index contributed by atoms with van der Waals surface area (Å²) in [6, 6.07) is 3.90. The molecule has 3 heterocycles. The third-order valence-corrected chi connectivity index (χ3v) is 6.70. The highest BCUT2D eigenvalue weighted by atomic mass is 35.5. The fourth-order valence-corrected chi connectivity index (χ4v) is 5.30. The van der Waals surface area contributed by atoms with Crippen LogP contribution in [0.1, 0.15) is 50.5 Å². The summed E-state index contributed by atoms with van der Waals surface area (Å²) >= 11 is 12.4. The SMILES string of the molecule is CC(C)NC1(C)CN(c2ncc(C(=N)c3cc(O[C@H](C)c4c(Cl)cncc4Cl)c(F)cc3N)cc2F)C1. The second-order valence-electron chi connectivity index (χ2n) is 9.77. The van der Waals surface area contributed by atoms with Crippen LogP contribution in [0.5, 0.6) is 5.75 Å². The smallest absolute Gasteiger partial charge is 0.167 e. The summed E-state index contributed by atoms with van der Waals surface area (Å²) in [6.45, 7) is 9.09. The summed E-state index contributed by atoms with van der Waals surface area (Å²) in [5.41, 5.74) is 6.59. The molecule has 0 amide bonds. The van der Waals surface area contributed by atoms with E-state index < -0.39 is 17.7 Å². The molecule has 1 aliphatic rings. The fraction of sp³-hybridized carbons (Fsp3) is 0.346. The standard InChI is InChI=1S/C26H28Cl2F2N6O/c1-13(2)35-26(4)11-36(12-26)25-20(30)5-15(8-34-25)24(32)16-6-22(19(29)7-21(16)31)37-14(3)23-17(27)9-33-10-18(23)28/h5-10,13-14,32,35H,11-12,31H2,1-4H3/t14-/m1/s1. The van der Waals surface area contributed by atoms with E-state index in [2.05, 4.69) is 36.1 Å². The van der Waals surface area contributed by atoms with E-state index in [0.717, 1.165) is 6.07 Å².